The first kappa shape index (κ1) is 29.7. The summed E-state index contributed by atoms with van der Waals surface area (Å²) in [6.45, 7) is 0. The Morgan fingerprint density at radius 1 is 0.396 bits per heavy atom. The van der Waals surface area contributed by atoms with Gasteiger partial charge in [0.1, 0.15) is 11.2 Å². The number of hydrogen-bond donors (Lipinski definition) is 0. The van der Waals surface area contributed by atoms with Crippen LogP contribution in [-0.2, 0) is 0 Å². The molecule has 4 aromatic heterocycles. The lowest BCUT2D eigenvalue weighted by Gasteiger charge is -2.08. The van der Waals surface area contributed by atoms with E-state index in [-0.39, 0.29) is 0 Å². The lowest BCUT2D eigenvalue weighted by atomic mass is 10.00. The molecule has 0 bridgehead atoms. The molecule has 0 aliphatic rings. The normalized spacial score (nSPS) is 11.8. The van der Waals surface area contributed by atoms with Gasteiger partial charge in [-0.3, -0.25) is 4.57 Å². The summed E-state index contributed by atoms with van der Waals surface area (Å²) in [4.78, 5) is 19.8. The smallest absolute Gasteiger partial charge is 0.195 e. The average Bonchev–Trinajstić information content (AvgIpc) is 3.92. The van der Waals surface area contributed by atoms with Crippen molar-refractivity contribution in [2.75, 3.05) is 0 Å². The van der Waals surface area contributed by atoms with E-state index < -0.39 is 0 Å². The third-order valence-corrected chi connectivity index (χ3v) is 10.9. The first-order chi connectivity index (χ1) is 26.2. The lowest BCUT2D eigenvalue weighted by molar-refractivity contribution is 0.669. The Bertz CT molecular complexity index is 3090. The van der Waals surface area contributed by atoms with Crippen molar-refractivity contribution in [3.63, 3.8) is 0 Å². The van der Waals surface area contributed by atoms with Crippen molar-refractivity contribution < 1.29 is 4.42 Å². The van der Waals surface area contributed by atoms with Crippen molar-refractivity contribution in [2.24, 2.45) is 0 Å². The van der Waals surface area contributed by atoms with Crippen molar-refractivity contribution in [3.05, 3.63) is 164 Å². The number of rotatable bonds is 5. The Kier molecular flexibility index (Phi) is 6.62. The first-order valence-electron chi connectivity index (χ1n) is 17.5. The molecule has 0 amide bonds. The molecule has 6 nitrogen and oxygen atoms in total. The van der Waals surface area contributed by atoms with Gasteiger partial charge < -0.3 is 4.42 Å². The predicted molar refractivity (Wildman–Crippen MR) is 216 cm³/mol. The molecule has 248 valence electrons. The maximum Gasteiger partial charge on any atom is 0.195 e. The fraction of sp³-hybridized carbons (Fsp3) is 0. The van der Waals surface area contributed by atoms with Crippen molar-refractivity contribution in [3.8, 4) is 50.4 Å². The molecule has 11 rings (SSSR count). The van der Waals surface area contributed by atoms with E-state index in [0.29, 0.717) is 17.5 Å². The molecule has 7 aromatic carbocycles. The van der Waals surface area contributed by atoms with Gasteiger partial charge in [-0.05, 0) is 71.8 Å². The first-order valence-corrected chi connectivity index (χ1v) is 18.3. The van der Waals surface area contributed by atoms with Crippen LogP contribution >= 0.6 is 11.3 Å². The van der Waals surface area contributed by atoms with E-state index in [1.54, 1.807) is 11.3 Å². The highest BCUT2D eigenvalue weighted by molar-refractivity contribution is 7.20. The van der Waals surface area contributed by atoms with Crippen LogP contribution in [0.2, 0.25) is 0 Å². The van der Waals surface area contributed by atoms with E-state index in [0.717, 1.165) is 71.4 Å². The van der Waals surface area contributed by atoms with Crippen LogP contribution in [0.25, 0.3) is 104 Å². The van der Waals surface area contributed by atoms with Gasteiger partial charge >= 0.3 is 0 Å². The molecule has 0 saturated carbocycles. The van der Waals surface area contributed by atoms with E-state index in [4.69, 9.17) is 24.4 Å². The highest BCUT2D eigenvalue weighted by Gasteiger charge is 2.18. The fourth-order valence-electron chi connectivity index (χ4n) is 7.35. The summed E-state index contributed by atoms with van der Waals surface area (Å²) in [5.41, 5.74) is 9.96. The van der Waals surface area contributed by atoms with Crippen molar-refractivity contribution >= 4 is 65.3 Å². The number of para-hydroxylation sites is 2. The topological polar surface area (TPSA) is 69.6 Å². The van der Waals surface area contributed by atoms with Crippen molar-refractivity contribution in [1.29, 1.82) is 0 Å². The third kappa shape index (κ3) is 4.93. The highest BCUT2D eigenvalue weighted by atomic mass is 32.1. The summed E-state index contributed by atoms with van der Waals surface area (Å²) in [5.74, 6) is 1.88. The van der Waals surface area contributed by atoms with Crippen LogP contribution in [0.1, 0.15) is 0 Å². The van der Waals surface area contributed by atoms with Gasteiger partial charge in [-0.1, -0.05) is 114 Å². The molecule has 0 aliphatic heterocycles. The third-order valence-electron chi connectivity index (χ3n) is 9.91. The van der Waals surface area contributed by atoms with E-state index in [9.17, 15) is 0 Å². The van der Waals surface area contributed by atoms with Gasteiger partial charge in [-0.15, -0.1) is 0 Å². The molecular formula is C46H27N5OS. The summed E-state index contributed by atoms with van der Waals surface area (Å²) >= 11 is 1.72. The van der Waals surface area contributed by atoms with E-state index in [1.165, 1.54) is 15.5 Å². The SMILES string of the molecule is c1ccc(-c2nc(-c3ccccc3)nc(-c3ccc4oc5ccc(-c6ccc7c(c6)c6ccccc6n7-c6nc7ccccc7s6)cc5c4c3)n2)cc1. The van der Waals surface area contributed by atoms with Crippen LogP contribution in [0.5, 0.6) is 0 Å². The Balaban J connectivity index is 1.04. The molecule has 0 unspecified atom stereocenters. The van der Waals surface area contributed by atoms with Gasteiger partial charge in [-0.25, -0.2) is 19.9 Å². The summed E-state index contributed by atoms with van der Waals surface area (Å²) in [7, 11) is 0. The van der Waals surface area contributed by atoms with Gasteiger partial charge in [0.25, 0.3) is 0 Å². The number of aromatic nitrogens is 5. The zero-order chi connectivity index (χ0) is 34.9. The highest BCUT2D eigenvalue weighted by Crippen LogP contribution is 2.39. The molecule has 0 spiro atoms. The Morgan fingerprint density at radius 3 is 1.62 bits per heavy atom. The van der Waals surface area contributed by atoms with Gasteiger partial charge in [0.15, 0.2) is 22.6 Å². The molecule has 0 fully saturated rings. The standard InChI is InChI=1S/C46H27N5OS/c1-3-11-28(12-4-1)43-48-44(29-13-5-2-6-14-29)50-45(49-43)32-21-24-41-36(27-32)35-26-31(20-23-40(35)52-41)30-19-22-39-34(25-30)33-15-7-9-17-38(33)51(39)46-47-37-16-8-10-18-42(37)53-46/h1-27H. The number of hydrogen-bond acceptors (Lipinski definition) is 6. The minimum Gasteiger partial charge on any atom is -0.456 e. The zero-order valence-electron chi connectivity index (χ0n) is 28.1. The summed E-state index contributed by atoms with van der Waals surface area (Å²) in [5, 5.41) is 5.41. The molecule has 4 heterocycles. The Morgan fingerprint density at radius 2 is 0.925 bits per heavy atom. The van der Waals surface area contributed by atoms with Crippen LogP contribution in [0.4, 0.5) is 0 Å². The summed E-state index contributed by atoms with van der Waals surface area (Å²) < 4.78 is 9.83. The summed E-state index contributed by atoms with van der Waals surface area (Å²) in [6, 6.07) is 56.4. The Hall–Kier alpha value is -6.96. The minimum atomic E-state index is 0.611. The van der Waals surface area contributed by atoms with Crippen LogP contribution < -0.4 is 0 Å². The number of nitrogens with zero attached hydrogens (tertiary/aromatic N) is 5. The van der Waals surface area contributed by atoms with Gasteiger partial charge in [0.2, 0.25) is 0 Å². The fourth-order valence-corrected chi connectivity index (χ4v) is 8.34. The molecule has 0 radical (unpaired) electrons. The van der Waals surface area contributed by atoms with Crippen LogP contribution in [-0.4, -0.2) is 24.5 Å². The largest absolute Gasteiger partial charge is 0.456 e. The van der Waals surface area contributed by atoms with Gasteiger partial charge in [0.05, 0.1) is 21.3 Å². The molecule has 11 aromatic rings. The number of fused-ring (bicyclic) bond motifs is 7. The predicted octanol–water partition coefficient (Wildman–Crippen LogP) is 12.1. The molecule has 0 N–H and O–H groups in total. The maximum absolute atomic E-state index is 6.36. The quantitative estimate of drug-likeness (QED) is 0.179. The number of furan rings is 1. The van der Waals surface area contributed by atoms with E-state index in [1.807, 2.05) is 78.9 Å². The molecule has 53 heavy (non-hydrogen) atoms. The molecule has 7 heteroatoms. The van der Waals surface area contributed by atoms with Crippen LogP contribution in [0, 0.1) is 0 Å². The van der Waals surface area contributed by atoms with Gasteiger partial charge in [0, 0.05) is 38.2 Å². The lowest BCUT2D eigenvalue weighted by Crippen LogP contribution is -2.00. The second kappa shape index (κ2) is 11.8. The van der Waals surface area contributed by atoms with Gasteiger partial charge in [-0.2, -0.15) is 0 Å². The number of thiazole rings is 1. The minimum absolute atomic E-state index is 0.611. The van der Waals surface area contributed by atoms with E-state index in [2.05, 4.69) is 89.5 Å². The number of benzene rings is 7. The molecule has 0 aliphatic carbocycles. The maximum atomic E-state index is 6.36. The monoisotopic (exact) mass is 697 g/mol. The molecular weight excluding hydrogens is 671 g/mol. The van der Waals surface area contributed by atoms with Crippen molar-refractivity contribution in [2.45, 2.75) is 0 Å². The Labute approximate surface area is 307 Å². The van der Waals surface area contributed by atoms with Crippen molar-refractivity contribution in [1.82, 2.24) is 24.5 Å². The zero-order valence-corrected chi connectivity index (χ0v) is 29.0. The van der Waals surface area contributed by atoms with Crippen LogP contribution in [0.15, 0.2) is 168 Å². The van der Waals surface area contributed by atoms with E-state index >= 15 is 0 Å². The average molecular weight is 698 g/mol. The summed E-state index contributed by atoms with van der Waals surface area (Å²) in [6.07, 6.45) is 0. The second-order valence-electron chi connectivity index (χ2n) is 13.1. The molecule has 0 saturated heterocycles. The second-order valence-corrected chi connectivity index (χ2v) is 14.1. The van der Waals surface area contributed by atoms with Crippen LogP contribution in [0.3, 0.4) is 0 Å². The molecule has 0 atom stereocenters.